The zero-order valence-corrected chi connectivity index (χ0v) is 15.4. The molecule has 1 saturated heterocycles. The van der Waals surface area contributed by atoms with Gasteiger partial charge in [0.2, 0.25) is 0 Å². The fourth-order valence-electron chi connectivity index (χ4n) is 3.11. The number of hydrogen-bond acceptors (Lipinski definition) is 6. The molecule has 3 heterocycles. The van der Waals surface area contributed by atoms with Gasteiger partial charge in [0, 0.05) is 43.3 Å². The Bertz CT molecular complexity index is 871. The Hall–Kier alpha value is -2.48. The minimum atomic E-state index is -3.04. The van der Waals surface area contributed by atoms with Gasteiger partial charge < -0.3 is 10.2 Å². The van der Waals surface area contributed by atoms with Gasteiger partial charge in [0.25, 0.3) is 5.91 Å². The summed E-state index contributed by atoms with van der Waals surface area (Å²) in [5, 5.41) is 3.19. The summed E-state index contributed by atoms with van der Waals surface area (Å²) in [6, 6.07) is 6.92. The van der Waals surface area contributed by atoms with Crippen molar-refractivity contribution in [3.8, 4) is 0 Å². The van der Waals surface area contributed by atoms with Crippen LogP contribution in [-0.4, -0.2) is 53.3 Å². The number of carbonyl (C=O) groups excluding carboxylic acids is 1. The molecule has 8 heteroatoms. The highest BCUT2D eigenvalue weighted by molar-refractivity contribution is 7.91. The molecule has 1 N–H and O–H groups in total. The molecule has 138 valence electrons. The molecule has 1 unspecified atom stereocenters. The number of pyridine rings is 2. The fourth-order valence-corrected chi connectivity index (χ4v) is 4.84. The molecule has 0 aliphatic carbocycles. The average Bonchev–Trinajstić information content (AvgIpc) is 3.01. The standard InChI is InChI=1S/C18H22N4O3S/c1-2-22(16-6-10-26(24,25)13-16)18(23)15-5-9-20-17(11-15)21-12-14-3-7-19-8-4-14/h3-5,7-9,11,16H,2,6,10,12-13H2,1H3,(H,20,21). The predicted octanol–water partition coefficient (Wildman–Crippen LogP) is 1.74. The quantitative estimate of drug-likeness (QED) is 0.828. The Morgan fingerprint density at radius 1 is 1.27 bits per heavy atom. The molecule has 1 aliphatic heterocycles. The van der Waals surface area contributed by atoms with Crippen LogP contribution in [0.5, 0.6) is 0 Å². The number of carbonyl (C=O) groups is 1. The first-order chi connectivity index (χ1) is 12.5. The fraction of sp³-hybridized carbons (Fsp3) is 0.389. The van der Waals surface area contributed by atoms with Crippen LogP contribution in [0.2, 0.25) is 0 Å². The molecular weight excluding hydrogens is 352 g/mol. The van der Waals surface area contributed by atoms with Crippen LogP contribution in [0.4, 0.5) is 5.82 Å². The molecule has 7 nitrogen and oxygen atoms in total. The molecule has 2 aromatic rings. The van der Waals surface area contributed by atoms with Crippen LogP contribution in [0, 0.1) is 0 Å². The molecule has 1 amide bonds. The lowest BCUT2D eigenvalue weighted by atomic mass is 10.1. The van der Waals surface area contributed by atoms with Gasteiger partial charge in [-0.15, -0.1) is 0 Å². The summed E-state index contributed by atoms with van der Waals surface area (Å²) in [4.78, 5) is 22.7. The molecule has 0 spiro atoms. The number of anilines is 1. The molecular formula is C18H22N4O3S. The van der Waals surface area contributed by atoms with Crippen molar-refractivity contribution in [3.05, 3.63) is 54.0 Å². The van der Waals surface area contributed by atoms with Crippen molar-refractivity contribution in [1.29, 1.82) is 0 Å². The maximum atomic E-state index is 12.9. The highest BCUT2D eigenvalue weighted by atomic mass is 32.2. The Balaban J connectivity index is 1.71. The largest absolute Gasteiger partial charge is 0.366 e. The van der Waals surface area contributed by atoms with Crippen molar-refractivity contribution < 1.29 is 13.2 Å². The summed E-state index contributed by atoms with van der Waals surface area (Å²) in [5.41, 5.74) is 1.56. The van der Waals surface area contributed by atoms with Gasteiger partial charge in [-0.1, -0.05) is 0 Å². The van der Waals surface area contributed by atoms with Crippen molar-refractivity contribution in [1.82, 2.24) is 14.9 Å². The number of nitrogens with one attached hydrogen (secondary N) is 1. The van der Waals surface area contributed by atoms with Crippen molar-refractivity contribution >= 4 is 21.6 Å². The lowest BCUT2D eigenvalue weighted by molar-refractivity contribution is 0.0708. The van der Waals surface area contributed by atoms with E-state index in [-0.39, 0.29) is 23.5 Å². The van der Waals surface area contributed by atoms with E-state index in [1.165, 1.54) is 0 Å². The molecule has 0 saturated carbocycles. The van der Waals surface area contributed by atoms with E-state index in [0.29, 0.717) is 30.9 Å². The monoisotopic (exact) mass is 374 g/mol. The maximum absolute atomic E-state index is 12.9. The van der Waals surface area contributed by atoms with Gasteiger partial charge >= 0.3 is 0 Å². The Labute approximate surface area is 153 Å². The van der Waals surface area contributed by atoms with Crippen LogP contribution >= 0.6 is 0 Å². The van der Waals surface area contributed by atoms with Crippen molar-refractivity contribution in [2.24, 2.45) is 0 Å². The first kappa shape index (κ1) is 18.3. The molecule has 2 aromatic heterocycles. The number of nitrogens with zero attached hydrogens (tertiary/aromatic N) is 3. The van der Waals surface area contributed by atoms with Gasteiger partial charge in [-0.2, -0.15) is 0 Å². The Morgan fingerprint density at radius 2 is 2.04 bits per heavy atom. The van der Waals surface area contributed by atoms with E-state index in [1.807, 2.05) is 19.1 Å². The highest BCUT2D eigenvalue weighted by Gasteiger charge is 2.34. The summed E-state index contributed by atoms with van der Waals surface area (Å²) < 4.78 is 23.5. The second kappa shape index (κ2) is 7.82. The summed E-state index contributed by atoms with van der Waals surface area (Å²) >= 11 is 0. The SMILES string of the molecule is CCN(C(=O)c1ccnc(NCc2ccncc2)c1)C1CCS(=O)(=O)C1. The molecule has 3 rings (SSSR count). The number of rotatable bonds is 6. The van der Waals surface area contributed by atoms with Gasteiger partial charge in [0.1, 0.15) is 5.82 Å². The third-order valence-electron chi connectivity index (χ3n) is 4.48. The van der Waals surface area contributed by atoms with Crippen LogP contribution in [0.1, 0.15) is 29.3 Å². The molecule has 0 aromatic carbocycles. The first-order valence-electron chi connectivity index (χ1n) is 8.59. The van der Waals surface area contributed by atoms with Gasteiger partial charge in [0.15, 0.2) is 9.84 Å². The minimum Gasteiger partial charge on any atom is -0.366 e. The van der Waals surface area contributed by atoms with Gasteiger partial charge in [-0.25, -0.2) is 13.4 Å². The smallest absolute Gasteiger partial charge is 0.254 e. The molecule has 1 fully saturated rings. The molecule has 1 atom stereocenters. The van der Waals surface area contributed by atoms with E-state index in [0.717, 1.165) is 5.56 Å². The first-order valence-corrected chi connectivity index (χ1v) is 10.4. The van der Waals surface area contributed by atoms with E-state index in [9.17, 15) is 13.2 Å². The van der Waals surface area contributed by atoms with Crippen LogP contribution in [-0.2, 0) is 16.4 Å². The third kappa shape index (κ3) is 4.37. The lowest BCUT2D eigenvalue weighted by Crippen LogP contribution is -2.41. The Kier molecular flexibility index (Phi) is 5.51. The van der Waals surface area contributed by atoms with Gasteiger partial charge in [-0.05, 0) is 43.2 Å². The van der Waals surface area contributed by atoms with Crippen molar-refractivity contribution in [2.45, 2.75) is 25.9 Å². The van der Waals surface area contributed by atoms with Crippen molar-refractivity contribution in [3.63, 3.8) is 0 Å². The molecule has 1 aliphatic rings. The summed E-state index contributed by atoms with van der Waals surface area (Å²) in [6.45, 7) is 2.92. The summed E-state index contributed by atoms with van der Waals surface area (Å²) in [5.74, 6) is 0.633. The molecule has 0 radical (unpaired) electrons. The van der Waals surface area contributed by atoms with E-state index < -0.39 is 9.84 Å². The second-order valence-corrected chi connectivity index (χ2v) is 8.52. The molecule has 26 heavy (non-hydrogen) atoms. The average molecular weight is 374 g/mol. The predicted molar refractivity (Wildman–Crippen MR) is 99.6 cm³/mol. The second-order valence-electron chi connectivity index (χ2n) is 6.29. The number of aromatic nitrogens is 2. The van der Waals surface area contributed by atoms with Gasteiger partial charge in [-0.3, -0.25) is 9.78 Å². The normalized spacial score (nSPS) is 18.4. The summed E-state index contributed by atoms with van der Waals surface area (Å²) in [6.07, 6.45) is 5.53. The zero-order chi connectivity index (χ0) is 18.6. The maximum Gasteiger partial charge on any atom is 0.254 e. The van der Waals surface area contributed by atoms with E-state index in [2.05, 4.69) is 15.3 Å². The lowest BCUT2D eigenvalue weighted by Gasteiger charge is -2.27. The van der Waals surface area contributed by atoms with Crippen LogP contribution in [0.15, 0.2) is 42.9 Å². The topological polar surface area (TPSA) is 92.3 Å². The number of hydrogen-bond donors (Lipinski definition) is 1. The van der Waals surface area contributed by atoms with E-state index in [1.54, 1.807) is 35.6 Å². The minimum absolute atomic E-state index is 0.0464. The van der Waals surface area contributed by atoms with Gasteiger partial charge in [0.05, 0.1) is 11.5 Å². The third-order valence-corrected chi connectivity index (χ3v) is 6.23. The highest BCUT2D eigenvalue weighted by Crippen LogP contribution is 2.20. The number of sulfone groups is 1. The van der Waals surface area contributed by atoms with E-state index >= 15 is 0 Å². The van der Waals surface area contributed by atoms with Crippen LogP contribution < -0.4 is 5.32 Å². The van der Waals surface area contributed by atoms with Crippen molar-refractivity contribution in [2.75, 3.05) is 23.4 Å². The number of amides is 1. The zero-order valence-electron chi connectivity index (χ0n) is 14.6. The van der Waals surface area contributed by atoms with Crippen LogP contribution in [0.25, 0.3) is 0 Å². The summed E-state index contributed by atoms with van der Waals surface area (Å²) in [7, 11) is -3.04. The molecule has 0 bridgehead atoms. The van der Waals surface area contributed by atoms with E-state index in [4.69, 9.17) is 0 Å². The Morgan fingerprint density at radius 3 is 2.69 bits per heavy atom. The van der Waals surface area contributed by atoms with Crippen LogP contribution in [0.3, 0.4) is 0 Å².